The fourth-order valence-corrected chi connectivity index (χ4v) is 4.16. The van der Waals surface area contributed by atoms with Gasteiger partial charge in [-0.15, -0.1) is 21.5 Å². The highest BCUT2D eigenvalue weighted by Gasteiger charge is 2.25. The van der Waals surface area contributed by atoms with E-state index in [4.69, 9.17) is 10.7 Å². The molecule has 1 atom stereocenters. The highest BCUT2D eigenvalue weighted by atomic mass is 32.1. The standard InChI is InChI=1S/C18H16FN5OS/c19-11-6-4-10(5-7-11)18-22-16-12(2-1-3-14(16)26-18)21-15-9-8-13(17(20)25)23-24-15/h4-9,12H,1-3H2,(H2,20,25)(H,21,24). The summed E-state index contributed by atoms with van der Waals surface area (Å²) in [4.78, 5) is 17.1. The number of primary amides is 1. The minimum atomic E-state index is -0.604. The van der Waals surface area contributed by atoms with E-state index < -0.39 is 5.91 Å². The zero-order valence-electron chi connectivity index (χ0n) is 13.8. The van der Waals surface area contributed by atoms with Gasteiger partial charge < -0.3 is 11.1 Å². The van der Waals surface area contributed by atoms with Gasteiger partial charge in [-0.25, -0.2) is 9.37 Å². The van der Waals surface area contributed by atoms with Gasteiger partial charge in [0.25, 0.3) is 5.91 Å². The first-order valence-corrected chi connectivity index (χ1v) is 9.07. The monoisotopic (exact) mass is 369 g/mol. The van der Waals surface area contributed by atoms with Crippen molar-refractivity contribution in [3.05, 3.63) is 58.5 Å². The smallest absolute Gasteiger partial charge is 0.269 e. The molecule has 1 aliphatic rings. The van der Waals surface area contributed by atoms with Crippen molar-refractivity contribution < 1.29 is 9.18 Å². The van der Waals surface area contributed by atoms with E-state index >= 15 is 0 Å². The molecular formula is C18H16FN5OS. The second kappa shape index (κ2) is 6.80. The number of rotatable bonds is 4. The molecule has 0 spiro atoms. The number of carbonyl (C=O) groups excluding carboxylic acids is 1. The van der Waals surface area contributed by atoms with Crippen LogP contribution in [0.1, 0.15) is 39.9 Å². The summed E-state index contributed by atoms with van der Waals surface area (Å²) >= 11 is 1.64. The summed E-state index contributed by atoms with van der Waals surface area (Å²) in [7, 11) is 0. The summed E-state index contributed by atoms with van der Waals surface area (Å²) in [5.41, 5.74) is 7.23. The van der Waals surface area contributed by atoms with Crippen molar-refractivity contribution >= 4 is 23.1 Å². The first-order valence-electron chi connectivity index (χ1n) is 8.26. The van der Waals surface area contributed by atoms with Crippen LogP contribution in [-0.2, 0) is 6.42 Å². The van der Waals surface area contributed by atoms with Gasteiger partial charge in [-0.2, -0.15) is 0 Å². The molecule has 8 heteroatoms. The number of halogens is 1. The SMILES string of the molecule is NC(=O)c1ccc(NC2CCCc3sc(-c4ccc(F)cc4)nc32)nn1. The van der Waals surface area contributed by atoms with Crippen LogP contribution in [0.2, 0.25) is 0 Å². The van der Waals surface area contributed by atoms with Gasteiger partial charge in [0.1, 0.15) is 16.6 Å². The molecule has 0 radical (unpaired) electrons. The Labute approximate surface area is 153 Å². The number of aromatic nitrogens is 3. The zero-order chi connectivity index (χ0) is 18.1. The Morgan fingerprint density at radius 2 is 2.00 bits per heavy atom. The minimum Gasteiger partial charge on any atom is -0.364 e. The predicted octanol–water partition coefficient (Wildman–Crippen LogP) is 3.33. The molecule has 1 unspecified atom stereocenters. The predicted molar refractivity (Wildman–Crippen MR) is 97.4 cm³/mol. The molecule has 4 rings (SSSR count). The van der Waals surface area contributed by atoms with Gasteiger partial charge >= 0.3 is 0 Å². The molecule has 1 amide bonds. The average Bonchev–Trinajstić information content (AvgIpc) is 3.08. The molecule has 2 heterocycles. The fourth-order valence-electron chi connectivity index (χ4n) is 2.99. The van der Waals surface area contributed by atoms with Crippen LogP contribution >= 0.6 is 11.3 Å². The molecule has 0 saturated heterocycles. The molecule has 0 saturated carbocycles. The summed E-state index contributed by atoms with van der Waals surface area (Å²) < 4.78 is 13.1. The maximum atomic E-state index is 13.1. The molecule has 3 aromatic rings. The van der Waals surface area contributed by atoms with Gasteiger partial charge in [0.15, 0.2) is 5.69 Å². The number of thiazole rings is 1. The molecule has 6 nitrogen and oxygen atoms in total. The Bertz CT molecular complexity index is 939. The third kappa shape index (κ3) is 3.28. The highest BCUT2D eigenvalue weighted by Crippen LogP contribution is 2.38. The van der Waals surface area contributed by atoms with Crippen molar-refractivity contribution in [3.8, 4) is 10.6 Å². The van der Waals surface area contributed by atoms with Crippen molar-refractivity contribution in [2.45, 2.75) is 25.3 Å². The van der Waals surface area contributed by atoms with Gasteiger partial charge in [-0.05, 0) is 55.7 Å². The van der Waals surface area contributed by atoms with E-state index in [1.54, 1.807) is 35.6 Å². The number of hydrogen-bond donors (Lipinski definition) is 2. The quantitative estimate of drug-likeness (QED) is 0.736. The molecule has 132 valence electrons. The number of nitrogens with zero attached hydrogens (tertiary/aromatic N) is 3. The lowest BCUT2D eigenvalue weighted by Crippen LogP contribution is -2.19. The summed E-state index contributed by atoms with van der Waals surface area (Å²) in [5, 5.41) is 12.1. The van der Waals surface area contributed by atoms with E-state index in [9.17, 15) is 9.18 Å². The maximum Gasteiger partial charge on any atom is 0.269 e. The lowest BCUT2D eigenvalue weighted by atomic mass is 9.97. The Kier molecular flexibility index (Phi) is 4.34. The number of fused-ring (bicyclic) bond motifs is 1. The van der Waals surface area contributed by atoms with Crippen LogP contribution < -0.4 is 11.1 Å². The minimum absolute atomic E-state index is 0.0259. The lowest BCUT2D eigenvalue weighted by Gasteiger charge is -2.22. The number of anilines is 1. The Morgan fingerprint density at radius 3 is 2.69 bits per heavy atom. The fraction of sp³-hybridized carbons (Fsp3) is 0.222. The second-order valence-electron chi connectivity index (χ2n) is 6.09. The van der Waals surface area contributed by atoms with Crippen molar-refractivity contribution in [1.29, 1.82) is 0 Å². The molecule has 26 heavy (non-hydrogen) atoms. The number of benzene rings is 1. The summed E-state index contributed by atoms with van der Waals surface area (Å²) in [6.45, 7) is 0. The molecule has 2 aromatic heterocycles. The van der Waals surface area contributed by atoms with Crippen LogP contribution in [0, 0.1) is 5.82 Å². The van der Waals surface area contributed by atoms with E-state index in [2.05, 4.69) is 15.5 Å². The van der Waals surface area contributed by atoms with Gasteiger partial charge in [0.2, 0.25) is 0 Å². The van der Waals surface area contributed by atoms with E-state index in [-0.39, 0.29) is 17.6 Å². The third-order valence-electron chi connectivity index (χ3n) is 4.28. The highest BCUT2D eigenvalue weighted by molar-refractivity contribution is 7.15. The van der Waals surface area contributed by atoms with Crippen LogP contribution in [-0.4, -0.2) is 21.1 Å². The maximum absolute atomic E-state index is 13.1. The van der Waals surface area contributed by atoms with Crippen LogP contribution in [0.4, 0.5) is 10.2 Å². The number of nitrogens with one attached hydrogen (secondary N) is 1. The molecule has 1 aliphatic carbocycles. The van der Waals surface area contributed by atoms with Gasteiger partial charge in [0, 0.05) is 10.4 Å². The summed E-state index contributed by atoms with van der Waals surface area (Å²) in [6.07, 6.45) is 2.96. The zero-order valence-corrected chi connectivity index (χ0v) is 14.6. The topological polar surface area (TPSA) is 93.8 Å². The first-order chi connectivity index (χ1) is 12.6. The first kappa shape index (κ1) is 16.6. The molecular weight excluding hydrogens is 353 g/mol. The van der Waals surface area contributed by atoms with Crippen LogP contribution in [0.25, 0.3) is 10.6 Å². The number of aryl methyl sites for hydroxylation is 1. The normalized spacial score (nSPS) is 16.1. The molecule has 3 N–H and O–H groups in total. The Balaban J connectivity index is 1.58. The van der Waals surface area contributed by atoms with E-state index in [0.717, 1.165) is 35.5 Å². The van der Waals surface area contributed by atoms with E-state index in [1.807, 2.05) is 0 Å². The van der Waals surface area contributed by atoms with Crippen molar-refractivity contribution in [2.75, 3.05) is 5.32 Å². The third-order valence-corrected chi connectivity index (χ3v) is 5.46. The summed E-state index contributed by atoms with van der Waals surface area (Å²) in [6, 6.07) is 9.65. The number of carbonyl (C=O) groups is 1. The Morgan fingerprint density at radius 1 is 1.19 bits per heavy atom. The molecule has 0 bridgehead atoms. The average molecular weight is 369 g/mol. The largest absolute Gasteiger partial charge is 0.364 e. The number of amides is 1. The van der Waals surface area contributed by atoms with E-state index in [1.165, 1.54) is 17.0 Å². The van der Waals surface area contributed by atoms with Gasteiger partial charge in [-0.3, -0.25) is 4.79 Å². The van der Waals surface area contributed by atoms with Crippen LogP contribution in [0.3, 0.4) is 0 Å². The van der Waals surface area contributed by atoms with Crippen molar-refractivity contribution in [2.24, 2.45) is 5.73 Å². The van der Waals surface area contributed by atoms with Crippen LogP contribution in [0.15, 0.2) is 36.4 Å². The molecule has 0 aliphatic heterocycles. The Hall–Kier alpha value is -2.87. The molecule has 0 fully saturated rings. The van der Waals surface area contributed by atoms with E-state index in [0.29, 0.717) is 5.82 Å². The van der Waals surface area contributed by atoms with Gasteiger partial charge in [0.05, 0.1) is 11.7 Å². The summed E-state index contributed by atoms with van der Waals surface area (Å²) in [5.74, 6) is -0.288. The van der Waals surface area contributed by atoms with Crippen molar-refractivity contribution in [3.63, 3.8) is 0 Å². The van der Waals surface area contributed by atoms with Gasteiger partial charge in [-0.1, -0.05) is 0 Å². The number of hydrogen-bond acceptors (Lipinski definition) is 6. The van der Waals surface area contributed by atoms with Crippen LogP contribution in [0.5, 0.6) is 0 Å². The number of nitrogens with two attached hydrogens (primary N) is 1. The van der Waals surface area contributed by atoms with Crippen molar-refractivity contribution in [1.82, 2.24) is 15.2 Å². The second-order valence-corrected chi connectivity index (χ2v) is 7.18. The molecule has 1 aromatic carbocycles. The lowest BCUT2D eigenvalue weighted by molar-refractivity contribution is 0.0994.